The van der Waals surface area contributed by atoms with Gasteiger partial charge in [0, 0.05) is 24.5 Å². The van der Waals surface area contributed by atoms with E-state index in [4.69, 9.17) is 4.74 Å². The third-order valence-electron chi connectivity index (χ3n) is 3.76. The molecule has 0 aromatic carbocycles. The molecule has 2 atom stereocenters. The molecule has 0 amide bonds. The van der Waals surface area contributed by atoms with Crippen molar-refractivity contribution < 1.29 is 4.74 Å². The molecule has 0 aromatic rings. The van der Waals surface area contributed by atoms with Crippen LogP contribution in [0.3, 0.4) is 0 Å². The predicted octanol–water partition coefficient (Wildman–Crippen LogP) is 2.29. The van der Waals surface area contributed by atoms with Gasteiger partial charge in [0.05, 0.1) is 0 Å². The Bertz CT molecular complexity index is 182. The van der Waals surface area contributed by atoms with Crippen LogP contribution in [0.2, 0.25) is 0 Å². The first-order chi connectivity index (χ1) is 7.40. The maximum atomic E-state index is 5.38. The Hall–Kier alpha value is 0.270. The zero-order valence-electron chi connectivity index (χ0n) is 9.71. The van der Waals surface area contributed by atoms with Crippen LogP contribution in [0.1, 0.15) is 32.1 Å². The average molecular weight is 229 g/mol. The summed E-state index contributed by atoms with van der Waals surface area (Å²) in [4.78, 5) is 0. The maximum Gasteiger partial charge on any atom is 0.0469 e. The number of hydrogen-bond acceptors (Lipinski definition) is 3. The van der Waals surface area contributed by atoms with Crippen molar-refractivity contribution >= 4 is 11.8 Å². The normalized spacial score (nSPS) is 33.4. The van der Waals surface area contributed by atoms with Crippen LogP contribution >= 0.6 is 11.8 Å². The lowest BCUT2D eigenvalue weighted by molar-refractivity contribution is 0.0655. The van der Waals surface area contributed by atoms with Gasteiger partial charge < -0.3 is 10.1 Å². The van der Waals surface area contributed by atoms with Gasteiger partial charge in [-0.15, -0.1) is 0 Å². The second kappa shape index (κ2) is 6.12. The van der Waals surface area contributed by atoms with Crippen LogP contribution in [0, 0.1) is 5.92 Å². The van der Waals surface area contributed by atoms with Crippen LogP contribution in [0.5, 0.6) is 0 Å². The van der Waals surface area contributed by atoms with Crippen molar-refractivity contribution in [1.82, 2.24) is 5.32 Å². The molecular formula is C12H23NOS. The third-order valence-corrected chi connectivity index (χ3v) is 4.93. The molecule has 2 rings (SSSR count). The van der Waals surface area contributed by atoms with Crippen LogP contribution in [0.15, 0.2) is 0 Å². The van der Waals surface area contributed by atoms with E-state index in [-0.39, 0.29) is 0 Å². The summed E-state index contributed by atoms with van der Waals surface area (Å²) in [5.41, 5.74) is 0. The Morgan fingerprint density at radius 2 is 2.00 bits per heavy atom. The van der Waals surface area contributed by atoms with E-state index in [1.807, 2.05) is 11.8 Å². The van der Waals surface area contributed by atoms with Crippen LogP contribution in [0.25, 0.3) is 0 Å². The molecule has 2 aliphatic rings. The Morgan fingerprint density at radius 3 is 2.73 bits per heavy atom. The quantitative estimate of drug-likeness (QED) is 0.799. The second-order valence-electron chi connectivity index (χ2n) is 4.78. The van der Waals surface area contributed by atoms with Crippen molar-refractivity contribution in [3.8, 4) is 0 Å². The summed E-state index contributed by atoms with van der Waals surface area (Å²) in [7, 11) is 0. The van der Waals surface area contributed by atoms with Gasteiger partial charge in [-0.1, -0.05) is 6.42 Å². The Labute approximate surface area is 97.5 Å². The van der Waals surface area contributed by atoms with E-state index in [0.29, 0.717) is 0 Å². The largest absolute Gasteiger partial charge is 0.381 e. The van der Waals surface area contributed by atoms with Crippen molar-refractivity contribution in [2.45, 2.75) is 43.4 Å². The Kier molecular flexibility index (Phi) is 4.79. The van der Waals surface area contributed by atoms with Gasteiger partial charge in [0.1, 0.15) is 0 Å². The topological polar surface area (TPSA) is 21.3 Å². The Morgan fingerprint density at radius 1 is 1.20 bits per heavy atom. The highest BCUT2D eigenvalue weighted by Crippen LogP contribution is 2.28. The highest BCUT2D eigenvalue weighted by Gasteiger charge is 2.26. The van der Waals surface area contributed by atoms with Crippen molar-refractivity contribution in [1.29, 1.82) is 0 Å². The summed E-state index contributed by atoms with van der Waals surface area (Å²) in [5, 5.41) is 4.64. The minimum absolute atomic E-state index is 0.780. The summed E-state index contributed by atoms with van der Waals surface area (Å²) in [6, 6.07) is 0.780. The summed E-state index contributed by atoms with van der Waals surface area (Å²) < 4.78 is 5.38. The van der Waals surface area contributed by atoms with Gasteiger partial charge in [-0.05, 0) is 44.4 Å². The van der Waals surface area contributed by atoms with Crippen LogP contribution in [0.4, 0.5) is 0 Å². The molecule has 88 valence electrons. The van der Waals surface area contributed by atoms with Gasteiger partial charge in [0.2, 0.25) is 0 Å². The molecule has 1 saturated heterocycles. The fourth-order valence-electron chi connectivity index (χ4n) is 2.71. The minimum Gasteiger partial charge on any atom is -0.381 e. The average Bonchev–Trinajstić information content (AvgIpc) is 2.75. The first-order valence-electron chi connectivity index (χ1n) is 6.24. The van der Waals surface area contributed by atoms with E-state index < -0.39 is 0 Å². The molecule has 3 heteroatoms. The van der Waals surface area contributed by atoms with Crippen LogP contribution in [-0.2, 0) is 4.74 Å². The van der Waals surface area contributed by atoms with Gasteiger partial charge in [0.25, 0.3) is 0 Å². The van der Waals surface area contributed by atoms with Crippen LogP contribution < -0.4 is 5.32 Å². The van der Waals surface area contributed by atoms with E-state index in [2.05, 4.69) is 11.6 Å². The molecule has 1 aliphatic heterocycles. The lowest BCUT2D eigenvalue weighted by Crippen LogP contribution is -2.38. The SMILES string of the molecule is CSC1CCCC1NCC1CCOCC1. The monoisotopic (exact) mass is 229 g/mol. The van der Waals surface area contributed by atoms with E-state index in [9.17, 15) is 0 Å². The zero-order valence-corrected chi connectivity index (χ0v) is 10.5. The minimum atomic E-state index is 0.780. The van der Waals surface area contributed by atoms with E-state index in [0.717, 1.165) is 30.4 Å². The van der Waals surface area contributed by atoms with Crippen molar-refractivity contribution in [3.63, 3.8) is 0 Å². The fourth-order valence-corrected chi connectivity index (χ4v) is 3.67. The van der Waals surface area contributed by atoms with Crippen molar-refractivity contribution in [2.24, 2.45) is 5.92 Å². The standard InChI is InChI=1S/C12H23NOS/c1-15-12-4-2-3-11(12)13-9-10-5-7-14-8-6-10/h10-13H,2-9H2,1H3. The summed E-state index contributed by atoms with van der Waals surface area (Å²) in [6.07, 6.45) is 8.96. The summed E-state index contributed by atoms with van der Waals surface area (Å²) >= 11 is 2.04. The van der Waals surface area contributed by atoms with Gasteiger partial charge in [0.15, 0.2) is 0 Å². The molecule has 0 bridgehead atoms. The first kappa shape index (κ1) is 11.7. The lowest BCUT2D eigenvalue weighted by Gasteiger charge is -2.26. The van der Waals surface area contributed by atoms with Gasteiger partial charge in [-0.2, -0.15) is 11.8 Å². The summed E-state index contributed by atoms with van der Waals surface area (Å²) in [5.74, 6) is 0.863. The molecule has 1 N–H and O–H groups in total. The lowest BCUT2D eigenvalue weighted by atomic mass is 10.00. The molecule has 0 aromatic heterocycles. The van der Waals surface area contributed by atoms with Gasteiger partial charge >= 0.3 is 0 Å². The highest BCUT2D eigenvalue weighted by molar-refractivity contribution is 7.99. The molecule has 2 nitrogen and oxygen atoms in total. The van der Waals surface area contributed by atoms with E-state index in [1.165, 1.54) is 38.6 Å². The first-order valence-corrected chi connectivity index (χ1v) is 7.53. The molecule has 2 fully saturated rings. The second-order valence-corrected chi connectivity index (χ2v) is 5.85. The van der Waals surface area contributed by atoms with E-state index in [1.54, 1.807) is 0 Å². The fraction of sp³-hybridized carbons (Fsp3) is 1.00. The van der Waals surface area contributed by atoms with Crippen molar-refractivity contribution in [3.05, 3.63) is 0 Å². The number of nitrogens with one attached hydrogen (secondary N) is 1. The molecule has 1 heterocycles. The molecule has 2 unspecified atom stereocenters. The molecule has 15 heavy (non-hydrogen) atoms. The molecular weight excluding hydrogens is 206 g/mol. The number of ether oxygens (including phenoxy) is 1. The molecule has 0 spiro atoms. The highest BCUT2D eigenvalue weighted by atomic mass is 32.2. The van der Waals surface area contributed by atoms with E-state index >= 15 is 0 Å². The molecule has 1 saturated carbocycles. The predicted molar refractivity (Wildman–Crippen MR) is 66.5 cm³/mol. The number of thioether (sulfide) groups is 1. The maximum absolute atomic E-state index is 5.38. The Balaban J connectivity index is 1.67. The zero-order chi connectivity index (χ0) is 10.5. The van der Waals surface area contributed by atoms with Crippen molar-refractivity contribution in [2.75, 3.05) is 26.0 Å². The number of hydrogen-bond donors (Lipinski definition) is 1. The third kappa shape index (κ3) is 3.36. The molecule has 1 aliphatic carbocycles. The summed E-state index contributed by atoms with van der Waals surface area (Å²) in [6.45, 7) is 3.16. The number of rotatable bonds is 4. The van der Waals surface area contributed by atoms with Gasteiger partial charge in [-0.3, -0.25) is 0 Å². The van der Waals surface area contributed by atoms with Crippen LogP contribution in [-0.4, -0.2) is 37.3 Å². The smallest absolute Gasteiger partial charge is 0.0469 e. The molecule has 0 radical (unpaired) electrons. The van der Waals surface area contributed by atoms with Gasteiger partial charge in [-0.25, -0.2) is 0 Å².